The molecule has 1 aliphatic rings. The largest absolute Gasteiger partial charge is 0.497 e. The Hall–Kier alpha value is -2.04. The van der Waals surface area contributed by atoms with E-state index in [0.29, 0.717) is 18.0 Å². The maximum Gasteiger partial charge on any atom is 0.397 e. The SMILES string of the molecule is COc1ccc(N2CCOC(=O)C2=O)cc1. The van der Waals surface area contributed by atoms with Crippen LogP contribution in [0.25, 0.3) is 0 Å². The van der Waals surface area contributed by atoms with E-state index >= 15 is 0 Å². The third kappa shape index (κ3) is 1.84. The molecule has 5 nitrogen and oxygen atoms in total. The van der Waals surface area contributed by atoms with E-state index in [-0.39, 0.29) is 6.61 Å². The summed E-state index contributed by atoms with van der Waals surface area (Å²) in [5, 5.41) is 0. The number of cyclic esters (lactones) is 1. The summed E-state index contributed by atoms with van der Waals surface area (Å²) >= 11 is 0. The second-order valence-electron chi connectivity index (χ2n) is 3.29. The Labute approximate surface area is 92.6 Å². The summed E-state index contributed by atoms with van der Waals surface area (Å²) in [6.45, 7) is 0.619. The van der Waals surface area contributed by atoms with Crippen molar-refractivity contribution < 1.29 is 19.1 Å². The molecule has 1 amide bonds. The number of amides is 1. The Balaban J connectivity index is 2.22. The highest BCUT2D eigenvalue weighted by atomic mass is 16.5. The van der Waals surface area contributed by atoms with Gasteiger partial charge in [-0.15, -0.1) is 0 Å². The molecule has 1 aliphatic heterocycles. The number of hydrogen-bond acceptors (Lipinski definition) is 4. The molecule has 0 aliphatic carbocycles. The minimum Gasteiger partial charge on any atom is -0.497 e. The zero-order valence-electron chi connectivity index (χ0n) is 8.80. The van der Waals surface area contributed by atoms with Gasteiger partial charge in [-0.3, -0.25) is 9.69 Å². The van der Waals surface area contributed by atoms with Gasteiger partial charge in [0, 0.05) is 5.69 Å². The first-order chi connectivity index (χ1) is 7.72. The van der Waals surface area contributed by atoms with Crippen LogP contribution in [0.3, 0.4) is 0 Å². The van der Waals surface area contributed by atoms with Gasteiger partial charge in [0.15, 0.2) is 0 Å². The number of morpholine rings is 1. The molecular weight excluding hydrogens is 210 g/mol. The van der Waals surface area contributed by atoms with E-state index < -0.39 is 11.9 Å². The zero-order chi connectivity index (χ0) is 11.5. The van der Waals surface area contributed by atoms with E-state index in [1.807, 2.05) is 0 Å². The maximum atomic E-state index is 11.5. The third-order valence-corrected chi connectivity index (χ3v) is 2.35. The predicted molar refractivity (Wildman–Crippen MR) is 56.3 cm³/mol. The smallest absolute Gasteiger partial charge is 0.397 e. The fourth-order valence-corrected chi connectivity index (χ4v) is 1.51. The molecule has 1 saturated heterocycles. The number of nitrogens with zero attached hydrogens (tertiary/aromatic N) is 1. The second-order valence-corrected chi connectivity index (χ2v) is 3.29. The summed E-state index contributed by atoms with van der Waals surface area (Å²) in [6.07, 6.45) is 0. The van der Waals surface area contributed by atoms with Crippen molar-refractivity contribution in [1.29, 1.82) is 0 Å². The Morgan fingerprint density at radius 1 is 1.25 bits per heavy atom. The molecule has 0 unspecified atom stereocenters. The molecule has 0 saturated carbocycles. The van der Waals surface area contributed by atoms with Gasteiger partial charge in [-0.1, -0.05) is 0 Å². The highest BCUT2D eigenvalue weighted by molar-refractivity contribution is 6.38. The van der Waals surface area contributed by atoms with Crippen LogP contribution in [-0.2, 0) is 14.3 Å². The van der Waals surface area contributed by atoms with Crippen molar-refractivity contribution in [3.05, 3.63) is 24.3 Å². The van der Waals surface area contributed by atoms with Crippen molar-refractivity contribution in [2.75, 3.05) is 25.2 Å². The Kier molecular flexibility index (Phi) is 2.76. The topological polar surface area (TPSA) is 55.8 Å². The van der Waals surface area contributed by atoms with Gasteiger partial charge in [0.2, 0.25) is 0 Å². The van der Waals surface area contributed by atoms with Crippen LogP contribution in [0, 0.1) is 0 Å². The molecule has 1 heterocycles. The average Bonchev–Trinajstić information content (AvgIpc) is 2.33. The highest BCUT2D eigenvalue weighted by Crippen LogP contribution is 2.20. The van der Waals surface area contributed by atoms with Gasteiger partial charge in [0.05, 0.1) is 13.7 Å². The number of methoxy groups -OCH3 is 1. The molecular formula is C11H11NO4. The molecule has 0 N–H and O–H groups in total. The molecule has 2 rings (SSSR count). The second kappa shape index (κ2) is 4.22. The number of benzene rings is 1. The van der Waals surface area contributed by atoms with Gasteiger partial charge < -0.3 is 9.47 Å². The summed E-state index contributed by atoms with van der Waals surface area (Å²) in [5.74, 6) is -0.728. The summed E-state index contributed by atoms with van der Waals surface area (Å²) in [6, 6.07) is 6.94. The van der Waals surface area contributed by atoms with Crippen molar-refractivity contribution in [3.63, 3.8) is 0 Å². The maximum absolute atomic E-state index is 11.5. The fraction of sp³-hybridized carbons (Fsp3) is 0.273. The van der Waals surface area contributed by atoms with E-state index in [0.717, 1.165) is 0 Å². The molecule has 5 heteroatoms. The standard InChI is InChI=1S/C11H11NO4/c1-15-9-4-2-8(3-5-9)12-6-7-16-11(14)10(12)13/h2-5H,6-7H2,1H3. The number of carbonyl (C=O) groups is 2. The van der Waals surface area contributed by atoms with E-state index in [4.69, 9.17) is 4.74 Å². The van der Waals surface area contributed by atoms with Gasteiger partial charge >= 0.3 is 11.9 Å². The van der Waals surface area contributed by atoms with Crippen molar-refractivity contribution in [2.45, 2.75) is 0 Å². The van der Waals surface area contributed by atoms with Crippen LogP contribution < -0.4 is 9.64 Å². The van der Waals surface area contributed by atoms with E-state index in [1.54, 1.807) is 31.4 Å². The van der Waals surface area contributed by atoms with Crippen LogP contribution in [0.1, 0.15) is 0 Å². The minimum atomic E-state index is -0.804. The monoisotopic (exact) mass is 221 g/mol. The molecule has 0 spiro atoms. The molecule has 16 heavy (non-hydrogen) atoms. The highest BCUT2D eigenvalue weighted by Gasteiger charge is 2.29. The van der Waals surface area contributed by atoms with Crippen LogP contribution in [0.4, 0.5) is 5.69 Å². The first-order valence-corrected chi connectivity index (χ1v) is 4.85. The van der Waals surface area contributed by atoms with E-state index in [9.17, 15) is 9.59 Å². The van der Waals surface area contributed by atoms with Crippen LogP contribution in [-0.4, -0.2) is 32.1 Å². The number of ether oxygens (including phenoxy) is 2. The summed E-state index contributed by atoms with van der Waals surface area (Å²) in [4.78, 5) is 24.0. The van der Waals surface area contributed by atoms with Crippen molar-refractivity contribution in [1.82, 2.24) is 0 Å². The van der Waals surface area contributed by atoms with Crippen LogP contribution in [0.5, 0.6) is 5.75 Å². The number of hydrogen-bond donors (Lipinski definition) is 0. The van der Waals surface area contributed by atoms with E-state index in [1.165, 1.54) is 4.90 Å². The zero-order valence-corrected chi connectivity index (χ0v) is 8.80. The summed E-state index contributed by atoms with van der Waals surface area (Å²) in [5.41, 5.74) is 0.669. The number of carbonyl (C=O) groups excluding carboxylic acids is 2. The van der Waals surface area contributed by atoms with Gasteiger partial charge in [0.25, 0.3) is 0 Å². The Morgan fingerprint density at radius 2 is 1.94 bits per heavy atom. The average molecular weight is 221 g/mol. The first-order valence-electron chi connectivity index (χ1n) is 4.85. The molecule has 0 atom stereocenters. The van der Waals surface area contributed by atoms with Crippen LogP contribution in [0.15, 0.2) is 24.3 Å². The lowest BCUT2D eigenvalue weighted by Gasteiger charge is -2.25. The molecule has 1 fully saturated rings. The quantitative estimate of drug-likeness (QED) is 0.541. The van der Waals surface area contributed by atoms with Crippen molar-refractivity contribution >= 4 is 17.6 Å². The summed E-state index contributed by atoms with van der Waals surface area (Å²) < 4.78 is 9.64. The Morgan fingerprint density at radius 3 is 2.56 bits per heavy atom. The lowest BCUT2D eigenvalue weighted by atomic mass is 10.2. The molecule has 0 bridgehead atoms. The van der Waals surface area contributed by atoms with Gasteiger partial charge in [0.1, 0.15) is 12.4 Å². The van der Waals surface area contributed by atoms with Gasteiger partial charge in [-0.25, -0.2) is 4.79 Å². The predicted octanol–water partition coefficient (Wildman–Crippen LogP) is 0.585. The Bertz CT molecular complexity index is 412. The molecule has 1 aromatic carbocycles. The normalized spacial score (nSPS) is 15.9. The number of anilines is 1. The van der Waals surface area contributed by atoms with Gasteiger partial charge in [-0.05, 0) is 24.3 Å². The molecule has 0 radical (unpaired) electrons. The number of esters is 1. The fourth-order valence-electron chi connectivity index (χ4n) is 1.51. The molecule has 84 valence electrons. The minimum absolute atomic E-state index is 0.233. The summed E-state index contributed by atoms with van der Waals surface area (Å²) in [7, 11) is 1.57. The lowest BCUT2D eigenvalue weighted by Crippen LogP contribution is -2.45. The molecule has 1 aromatic rings. The van der Waals surface area contributed by atoms with Crippen molar-refractivity contribution in [2.24, 2.45) is 0 Å². The van der Waals surface area contributed by atoms with Crippen LogP contribution in [0.2, 0.25) is 0 Å². The first kappa shape index (κ1) is 10.5. The number of rotatable bonds is 2. The lowest BCUT2D eigenvalue weighted by molar-refractivity contribution is -0.156. The van der Waals surface area contributed by atoms with E-state index in [2.05, 4.69) is 4.74 Å². The third-order valence-electron chi connectivity index (χ3n) is 2.35. The molecule has 0 aromatic heterocycles. The van der Waals surface area contributed by atoms with Crippen LogP contribution >= 0.6 is 0 Å². The van der Waals surface area contributed by atoms with Crippen molar-refractivity contribution in [3.8, 4) is 5.75 Å². The van der Waals surface area contributed by atoms with Gasteiger partial charge in [-0.2, -0.15) is 0 Å².